The Bertz CT molecular complexity index is 1080. The van der Waals surface area contributed by atoms with Gasteiger partial charge in [-0.05, 0) is 30.3 Å². The van der Waals surface area contributed by atoms with Gasteiger partial charge < -0.3 is 10.6 Å². The highest BCUT2D eigenvalue weighted by Gasteiger charge is 2.27. The molecule has 0 radical (unpaired) electrons. The molecule has 2 N–H and O–H groups in total. The van der Waals surface area contributed by atoms with Crippen molar-refractivity contribution in [1.82, 2.24) is 10.3 Å². The van der Waals surface area contributed by atoms with Crippen molar-refractivity contribution in [3.8, 4) is 0 Å². The summed E-state index contributed by atoms with van der Waals surface area (Å²) in [5.74, 6) is -0.922. The average molecular weight is 391 g/mol. The van der Waals surface area contributed by atoms with Crippen LogP contribution in [0.25, 0.3) is 0 Å². The second kappa shape index (κ2) is 7.62. The molecule has 0 aliphatic carbocycles. The molecule has 3 aromatic rings. The van der Waals surface area contributed by atoms with Crippen LogP contribution in [-0.2, 0) is 4.79 Å². The van der Waals surface area contributed by atoms with Crippen LogP contribution in [0.4, 0.5) is 5.69 Å². The van der Waals surface area contributed by atoms with E-state index in [-0.39, 0.29) is 5.69 Å². The first-order chi connectivity index (χ1) is 13.6. The van der Waals surface area contributed by atoms with Gasteiger partial charge in [0.25, 0.3) is 11.8 Å². The number of fused-ring (bicyclic) bond motifs is 1. The summed E-state index contributed by atoms with van der Waals surface area (Å²) < 4.78 is 0. The first-order valence-corrected chi connectivity index (χ1v) is 8.95. The molecule has 4 rings (SSSR count). The van der Waals surface area contributed by atoms with Crippen molar-refractivity contribution in [3.63, 3.8) is 0 Å². The van der Waals surface area contributed by atoms with Gasteiger partial charge in [-0.2, -0.15) is 0 Å². The van der Waals surface area contributed by atoms with Crippen molar-refractivity contribution >= 4 is 34.8 Å². The summed E-state index contributed by atoms with van der Waals surface area (Å²) >= 11 is 6.15. The van der Waals surface area contributed by atoms with Crippen molar-refractivity contribution in [3.05, 3.63) is 94.8 Å². The van der Waals surface area contributed by atoms with Crippen LogP contribution in [0.5, 0.6) is 0 Å². The Morgan fingerprint density at radius 2 is 1.86 bits per heavy atom. The fraction of sp³-hybridized carbons (Fsp3) is 0.0476. The molecule has 2 heterocycles. The molecule has 7 heteroatoms. The van der Waals surface area contributed by atoms with Gasteiger partial charge in [-0.15, -0.1) is 0 Å². The highest BCUT2D eigenvalue weighted by Crippen LogP contribution is 2.25. The Labute approximate surface area is 166 Å². The Hall–Kier alpha value is -3.51. The number of amides is 2. The molecule has 28 heavy (non-hydrogen) atoms. The van der Waals surface area contributed by atoms with Gasteiger partial charge in [0.2, 0.25) is 6.17 Å². The lowest BCUT2D eigenvalue weighted by atomic mass is 10.0. The average Bonchev–Trinajstić information content (AvgIpc) is 2.85. The quantitative estimate of drug-likeness (QED) is 0.719. The number of aromatic nitrogens is 1. The van der Waals surface area contributed by atoms with Crippen LogP contribution in [0.2, 0.25) is 5.02 Å². The first kappa shape index (κ1) is 17.9. The van der Waals surface area contributed by atoms with Gasteiger partial charge in [0, 0.05) is 22.3 Å². The molecular weight excluding hydrogens is 376 g/mol. The molecule has 1 aliphatic rings. The zero-order valence-corrected chi connectivity index (χ0v) is 15.4. The number of para-hydroxylation sites is 1. The lowest BCUT2D eigenvalue weighted by Crippen LogP contribution is -2.42. The van der Waals surface area contributed by atoms with Crippen molar-refractivity contribution in [2.45, 2.75) is 6.17 Å². The maximum atomic E-state index is 12.7. The third kappa shape index (κ3) is 3.63. The number of aliphatic imine (C=N–C) groups is 1. The van der Waals surface area contributed by atoms with Crippen molar-refractivity contribution in [2.75, 3.05) is 5.32 Å². The number of carbonyl (C=O) groups excluding carboxylic acids is 2. The maximum Gasteiger partial charge on any atom is 0.271 e. The normalized spacial score (nSPS) is 15.7. The number of benzene rings is 2. The molecular formula is C21H15ClN4O2. The minimum Gasteiger partial charge on any atom is -0.322 e. The zero-order valence-electron chi connectivity index (χ0n) is 14.6. The van der Waals surface area contributed by atoms with E-state index in [0.717, 1.165) is 11.1 Å². The molecule has 0 spiro atoms. The maximum absolute atomic E-state index is 12.7. The van der Waals surface area contributed by atoms with E-state index in [4.69, 9.17) is 11.6 Å². The molecule has 138 valence electrons. The largest absolute Gasteiger partial charge is 0.322 e. The van der Waals surface area contributed by atoms with Crippen LogP contribution in [0.1, 0.15) is 21.6 Å². The number of benzodiazepines with no additional fused rings is 1. The van der Waals surface area contributed by atoms with E-state index < -0.39 is 18.0 Å². The fourth-order valence-corrected chi connectivity index (χ4v) is 3.11. The number of hydrogen-bond acceptors (Lipinski definition) is 4. The number of halogens is 1. The Balaban J connectivity index is 1.76. The fourth-order valence-electron chi connectivity index (χ4n) is 2.92. The van der Waals surface area contributed by atoms with Crippen LogP contribution in [0.3, 0.4) is 0 Å². The molecule has 1 atom stereocenters. The standard InChI is InChI=1S/C21H15ClN4O2/c22-14-7-5-6-13(12-14)18-15-8-1-2-9-16(15)24-21(28)19(25-18)26-20(27)17-10-3-4-11-23-17/h1-12,19H,(H,24,28)(H,26,27). The molecule has 0 bridgehead atoms. The molecule has 1 aliphatic heterocycles. The van der Waals surface area contributed by atoms with E-state index >= 15 is 0 Å². The number of carbonyl (C=O) groups is 2. The summed E-state index contributed by atoms with van der Waals surface area (Å²) in [4.78, 5) is 33.8. The molecule has 2 amide bonds. The topological polar surface area (TPSA) is 83.5 Å². The molecule has 0 saturated heterocycles. The second-order valence-electron chi connectivity index (χ2n) is 6.11. The molecule has 6 nitrogen and oxygen atoms in total. The number of nitrogens with zero attached hydrogens (tertiary/aromatic N) is 2. The van der Waals surface area contributed by atoms with Gasteiger partial charge in [0.05, 0.1) is 11.4 Å². The molecule has 0 saturated carbocycles. The lowest BCUT2D eigenvalue weighted by Gasteiger charge is -2.13. The number of rotatable bonds is 3. The summed E-state index contributed by atoms with van der Waals surface area (Å²) in [5.41, 5.74) is 2.86. The van der Waals surface area contributed by atoms with Gasteiger partial charge >= 0.3 is 0 Å². The van der Waals surface area contributed by atoms with E-state index in [1.54, 1.807) is 36.4 Å². The number of nitrogens with one attached hydrogen (secondary N) is 2. The predicted molar refractivity (Wildman–Crippen MR) is 108 cm³/mol. The van der Waals surface area contributed by atoms with E-state index in [0.29, 0.717) is 16.4 Å². The third-order valence-corrected chi connectivity index (χ3v) is 4.45. The zero-order chi connectivity index (χ0) is 19.5. The predicted octanol–water partition coefficient (Wildman–Crippen LogP) is 3.28. The van der Waals surface area contributed by atoms with Crippen LogP contribution < -0.4 is 10.6 Å². The summed E-state index contributed by atoms with van der Waals surface area (Å²) in [6.07, 6.45) is 0.398. The number of pyridine rings is 1. The molecule has 1 unspecified atom stereocenters. The minimum atomic E-state index is -1.11. The summed E-state index contributed by atoms with van der Waals surface area (Å²) in [6, 6.07) is 19.5. The lowest BCUT2D eigenvalue weighted by molar-refractivity contribution is -0.117. The van der Waals surface area contributed by atoms with Crippen LogP contribution in [0.15, 0.2) is 77.9 Å². The SMILES string of the molecule is O=C(NC1N=C(c2cccc(Cl)c2)c2ccccc2NC1=O)c1ccccn1. The molecule has 2 aromatic carbocycles. The molecule has 0 fully saturated rings. The van der Waals surface area contributed by atoms with Gasteiger partial charge in [-0.25, -0.2) is 4.99 Å². The van der Waals surface area contributed by atoms with Gasteiger partial charge in [-0.1, -0.05) is 48.0 Å². The Kier molecular flexibility index (Phi) is 4.87. The van der Waals surface area contributed by atoms with Crippen LogP contribution >= 0.6 is 11.6 Å². The van der Waals surface area contributed by atoms with E-state index in [1.807, 2.05) is 30.3 Å². The Morgan fingerprint density at radius 1 is 1.04 bits per heavy atom. The van der Waals surface area contributed by atoms with Crippen LogP contribution in [-0.4, -0.2) is 28.7 Å². The van der Waals surface area contributed by atoms with E-state index in [1.165, 1.54) is 6.20 Å². The first-order valence-electron chi connectivity index (χ1n) is 8.58. The highest BCUT2D eigenvalue weighted by molar-refractivity contribution is 6.31. The summed E-state index contributed by atoms with van der Waals surface area (Å²) in [6.45, 7) is 0. The van der Waals surface area contributed by atoms with Gasteiger partial charge in [0.1, 0.15) is 5.69 Å². The summed E-state index contributed by atoms with van der Waals surface area (Å²) in [5, 5.41) is 6.01. The smallest absolute Gasteiger partial charge is 0.271 e. The van der Waals surface area contributed by atoms with Crippen molar-refractivity contribution < 1.29 is 9.59 Å². The second-order valence-corrected chi connectivity index (χ2v) is 6.55. The van der Waals surface area contributed by atoms with Crippen molar-refractivity contribution in [2.24, 2.45) is 4.99 Å². The monoisotopic (exact) mass is 390 g/mol. The molecule has 1 aromatic heterocycles. The highest BCUT2D eigenvalue weighted by atomic mass is 35.5. The Morgan fingerprint density at radius 3 is 2.64 bits per heavy atom. The summed E-state index contributed by atoms with van der Waals surface area (Å²) in [7, 11) is 0. The third-order valence-electron chi connectivity index (χ3n) is 4.21. The van der Waals surface area contributed by atoms with Crippen molar-refractivity contribution in [1.29, 1.82) is 0 Å². The van der Waals surface area contributed by atoms with E-state index in [9.17, 15) is 9.59 Å². The van der Waals surface area contributed by atoms with Gasteiger partial charge in [0.15, 0.2) is 0 Å². The number of anilines is 1. The van der Waals surface area contributed by atoms with Gasteiger partial charge in [-0.3, -0.25) is 14.6 Å². The van der Waals surface area contributed by atoms with E-state index in [2.05, 4.69) is 20.6 Å². The minimum absolute atomic E-state index is 0.205. The number of hydrogen-bond donors (Lipinski definition) is 2. The van der Waals surface area contributed by atoms with Crippen LogP contribution in [0, 0.1) is 0 Å².